The summed E-state index contributed by atoms with van der Waals surface area (Å²) in [6.07, 6.45) is -4.57. The van der Waals surface area contributed by atoms with E-state index < -0.39 is 12.0 Å². The van der Waals surface area contributed by atoms with Crippen molar-refractivity contribution >= 4 is 6.09 Å². The topological polar surface area (TPSA) is 50.8 Å². The van der Waals surface area contributed by atoms with E-state index in [4.69, 9.17) is 4.74 Å². The lowest BCUT2D eigenvalue weighted by Gasteiger charge is -2.37. The zero-order chi connectivity index (χ0) is 18.7. The maximum absolute atomic E-state index is 12.4. The predicted octanol–water partition coefficient (Wildman–Crippen LogP) is 3.34. The maximum atomic E-state index is 12.4. The summed E-state index contributed by atoms with van der Waals surface area (Å²) < 4.78 is 45.9. The molecule has 0 saturated carbocycles. The van der Waals surface area contributed by atoms with Gasteiger partial charge >= 0.3 is 12.5 Å². The van der Waals surface area contributed by atoms with E-state index in [9.17, 15) is 18.0 Å². The van der Waals surface area contributed by atoms with Crippen molar-refractivity contribution < 1.29 is 27.4 Å². The van der Waals surface area contributed by atoms with Crippen molar-refractivity contribution in [3.63, 3.8) is 0 Å². The van der Waals surface area contributed by atoms with Gasteiger partial charge in [-0.3, -0.25) is 0 Å². The van der Waals surface area contributed by atoms with Gasteiger partial charge in [-0.1, -0.05) is 12.1 Å². The van der Waals surface area contributed by atoms with Crippen LogP contribution in [0.3, 0.4) is 0 Å². The highest BCUT2D eigenvalue weighted by atomic mass is 19.4. The van der Waals surface area contributed by atoms with E-state index in [-0.39, 0.29) is 17.9 Å². The summed E-state index contributed by atoms with van der Waals surface area (Å²) in [5.41, 5.74) is 0.236. The van der Waals surface area contributed by atoms with Crippen LogP contribution in [0.25, 0.3) is 0 Å². The highest BCUT2D eigenvalue weighted by molar-refractivity contribution is 5.68. The van der Waals surface area contributed by atoms with Crippen molar-refractivity contribution in [2.24, 2.45) is 0 Å². The Morgan fingerprint density at radius 1 is 1.24 bits per heavy atom. The zero-order valence-corrected chi connectivity index (χ0v) is 14.5. The van der Waals surface area contributed by atoms with Crippen molar-refractivity contribution in [2.45, 2.75) is 45.2 Å². The number of amides is 1. The summed E-state index contributed by atoms with van der Waals surface area (Å²) >= 11 is 0. The first kappa shape index (κ1) is 19.4. The second-order valence-electron chi connectivity index (χ2n) is 6.93. The average molecular weight is 360 g/mol. The third-order valence-electron chi connectivity index (χ3n) is 3.61. The molecule has 8 heteroatoms. The lowest BCUT2D eigenvalue weighted by molar-refractivity contribution is -0.274. The van der Waals surface area contributed by atoms with E-state index in [1.807, 2.05) is 20.8 Å². The Morgan fingerprint density at radius 3 is 2.44 bits per heavy atom. The van der Waals surface area contributed by atoms with Crippen LogP contribution < -0.4 is 10.1 Å². The SMILES string of the molecule is CC(C)(C)OC(=O)N1CCNC[C@H]1Cc1ccc(OC(F)(F)F)cc1. The van der Waals surface area contributed by atoms with Gasteiger partial charge in [-0.15, -0.1) is 13.2 Å². The number of nitrogens with zero attached hydrogens (tertiary/aromatic N) is 1. The first-order chi connectivity index (χ1) is 11.5. The molecule has 1 saturated heterocycles. The van der Waals surface area contributed by atoms with E-state index in [2.05, 4.69) is 10.1 Å². The first-order valence-corrected chi connectivity index (χ1v) is 8.08. The van der Waals surface area contributed by atoms with Gasteiger partial charge in [0.05, 0.1) is 6.04 Å². The monoisotopic (exact) mass is 360 g/mol. The molecule has 5 nitrogen and oxygen atoms in total. The number of nitrogens with one attached hydrogen (secondary N) is 1. The fourth-order valence-corrected chi connectivity index (χ4v) is 2.60. The fraction of sp³-hybridized carbons (Fsp3) is 0.588. The van der Waals surface area contributed by atoms with Crippen LogP contribution in [0.15, 0.2) is 24.3 Å². The highest BCUT2D eigenvalue weighted by Gasteiger charge is 2.32. The number of carbonyl (C=O) groups is 1. The molecule has 0 spiro atoms. The number of hydrogen-bond donors (Lipinski definition) is 1. The number of hydrogen-bond acceptors (Lipinski definition) is 4. The molecule has 2 rings (SSSR count). The molecule has 0 aromatic heterocycles. The smallest absolute Gasteiger partial charge is 0.444 e. The van der Waals surface area contributed by atoms with Gasteiger partial charge in [0.1, 0.15) is 11.4 Å². The lowest BCUT2D eigenvalue weighted by Crippen LogP contribution is -2.55. The van der Waals surface area contributed by atoms with Crippen LogP contribution >= 0.6 is 0 Å². The molecule has 1 atom stereocenters. The molecule has 1 fully saturated rings. The second kappa shape index (κ2) is 7.51. The van der Waals surface area contributed by atoms with Gasteiger partial charge in [-0.05, 0) is 44.9 Å². The fourth-order valence-electron chi connectivity index (χ4n) is 2.60. The molecule has 1 N–H and O–H groups in total. The molecule has 1 heterocycles. The minimum atomic E-state index is -4.71. The minimum Gasteiger partial charge on any atom is -0.444 e. The van der Waals surface area contributed by atoms with Crippen LogP contribution in [0.1, 0.15) is 26.3 Å². The number of benzene rings is 1. The molecular weight excluding hydrogens is 337 g/mol. The van der Waals surface area contributed by atoms with Crippen molar-refractivity contribution in [1.29, 1.82) is 0 Å². The van der Waals surface area contributed by atoms with Crippen LogP contribution in [-0.2, 0) is 11.2 Å². The summed E-state index contributed by atoms with van der Waals surface area (Å²) in [6, 6.07) is 5.57. The quantitative estimate of drug-likeness (QED) is 0.898. The molecular formula is C17H23F3N2O3. The maximum Gasteiger partial charge on any atom is 0.573 e. The molecule has 1 aromatic rings. The Morgan fingerprint density at radius 2 is 1.88 bits per heavy atom. The predicted molar refractivity (Wildman–Crippen MR) is 86.4 cm³/mol. The van der Waals surface area contributed by atoms with Crippen LogP contribution in [-0.4, -0.2) is 48.6 Å². The molecule has 0 bridgehead atoms. The highest BCUT2D eigenvalue weighted by Crippen LogP contribution is 2.23. The Hall–Kier alpha value is -1.96. The normalized spacial score (nSPS) is 18.8. The van der Waals surface area contributed by atoms with E-state index in [0.717, 1.165) is 5.56 Å². The second-order valence-corrected chi connectivity index (χ2v) is 6.93. The van der Waals surface area contributed by atoms with Gasteiger partial charge in [0.25, 0.3) is 0 Å². The summed E-state index contributed by atoms with van der Waals surface area (Å²) in [6.45, 7) is 7.22. The molecule has 25 heavy (non-hydrogen) atoms. The molecule has 1 amide bonds. The molecule has 140 valence electrons. The van der Waals surface area contributed by atoms with E-state index >= 15 is 0 Å². The summed E-state index contributed by atoms with van der Waals surface area (Å²) in [5, 5.41) is 3.22. The minimum absolute atomic E-state index is 0.127. The third kappa shape index (κ3) is 6.45. The Kier molecular flexibility index (Phi) is 5.82. The van der Waals surface area contributed by atoms with Gasteiger partial charge < -0.3 is 19.7 Å². The van der Waals surface area contributed by atoms with Crippen molar-refractivity contribution in [2.75, 3.05) is 19.6 Å². The number of piperazine rings is 1. The molecule has 1 aliphatic rings. The standard InChI is InChI=1S/C17H23F3N2O3/c1-16(2,3)25-15(23)22-9-8-21-11-13(22)10-12-4-6-14(7-5-12)24-17(18,19)20/h4-7,13,21H,8-11H2,1-3H3/t13-/m1/s1. The number of ether oxygens (including phenoxy) is 2. The zero-order valence-electron chi connectivity index (χ0n) is 14.5. The summed E-state index contributed by atoms with van der Waals surface area (Å²) in [4.78, 5) is 14.0. The van der Waals surface area contributed by atoms with Gasteiger partial charge in [-0.2, -0.15) is 0 Å². The van der Waals surface area contributed by atoms with Crippen LogP contribution in [0.2, 0.25) is 0 Å². The van der Waals surface area contributed by atoms with Crippen LogP contribution in [0.4, 0.5) is 18.0 Å². The van der Waals surface area contributed by atoms with E-state index in [1.165, 1.54) is 12.1 Å². The number of carbonyl (C=O) groups excluding carboxylic acids is 1. The molecule has 0 unspecified atom stereocenters. The van der Waals surface area contributed by atoms with Crippen molar-refractivity contribution in [3.05, 3.63) is 29.8 Å². The van der Waals surface area contributed by atoms with Crippen LogP contribution in [0.5, 0.6) is 5.75 Å². The van der Waals surface area contributed by atoms with Gasteiger partial charge in [0, 0.05) is 19.6 Å². The largest absolute Gasteiger partial charge is 0.573 e. The molecule has 0 aliphatic carbocycles. The van der Waals surface area contributed by atoms with Crippen LogP contribution in [0, 0.1) is 0 Å². The van der Waals surface area contributed by atoms with Crippen molar-refractivity contribution in [1.82, 2.24) is 10.2 Å². The Balaban J connectivity index is 2.02. The summed E-state index contributed by atoms with van der Waals surface area (Å²) in [5.74, 6) is -0.262. The number of rotatable bonds is 3. The Bertz CT molecular complexity index is 582. The van der Waals surface area contributed by atoms with Gasteiger partial charge in [0.15, 0.2) is 0 Å². The van der Waals surface area contributed by atoms with Gasteiger partial charge in [0.2, 0.25) is 0 Å². The van der Waals surface area contributed by atoms with Gasteiger partial charge in [-0.25, -0.2) is 4.79 Å². The number of halogens is 3. The lowest BCUT2D eigenvalue weighted by atomic mass is 10.0. The third-order valence-corrected chi connectivity index (χ3v) is 3.61. The molecule has 0 radical (unpaired) electrons. The first-order valence-electron chi connectivity index (χ1n) is 8.08. The summed E-state index contributed by atoms with van der Waals surface area (Å²) in [7, 11) is 0. The molecule has 1 aliphatic heterocycles. The average Bonchev–Trinajstić information content (AvgIpc) is 2.46. The van der Waals surface area contributed by atoms with E-state index in [0.29, 0.717) is 26.1 Å². The molecule has 1 aromatic carbocycles. The van der Waals surface area contributed by atoms with E-state index in [1.54, 1.807) is 17.0 Å². The number of alkyl halides is 3. The Labute approximate surface area is 145 Å². The van der Waals surface area contributed by atoms with Crippen molar-refractivity contribution in [3.8, 4) is 5.75 Å².